The van der Waals surface area contributed by atoms with Crippen LogP contribution in [0.4, 0.5) is 0 Å². The zero-order chi connectivity index (χ0) is 14.0. The average molecular weight is 298 g/mol. The molecule has 1 aliphatic heterocycles. The molecule has 1 aromatic rings. The lowest BCUT2D eigenvalue weighted by atomic mass is 9.96. The first-order chi connectivity index (χ1) is 8.90. The van der Waals surface area contributed by atoms with Crippen molar-refractivity contribution in [1.29, 1.82) is 0 Å². The second-order valence-electron chi connectivity index (χ2n) is 5.06. The van der Waals surface area contributed by atoms with Gasteiger partial charge in [0.2, 0.25) is 0 Å². The molecular weight excluding hydrogens is 282 g/mol. The molecule has 0 radical (unpaired) electrons. The van der Waals surface area contributed by atoms with E-state index < -0.39 is 5.60 Å². The van der Waals surface area contributed by atoms with Crippen LogP contribution in [0.25, 0.3) is 0 Å². The van der Waals surface area contributed by atoms with E-state index in [0.717, 1.165) is 11.3 Å². The van der Waals surface area contributed by atoms with Crippen LogP contribution in [-0.4, -0.2) is 27.3 Å². The molecule has 0 amide bonds. The van der Waals surface area contributed by atoms with Gasteiger partial charge in [-0.15, -0.1) is 0 Å². The monoisotopic (exact) mass is 297 g/mol. The Kier molecular flexibility index (Phi) is 4.06. The van der Waals surface area contributed by atoms with Crippen LogP contribution >= 0.6 is 23.8 Å². The quantitative estimate of drug-likeness (QED) is 0.872. The number of rotatable bonds is 3. The molecule has 0 aromatic carbocycles. The van der Waals surface area contributed by atoms with E-state index in [4.69, 9.17) is 28.7 Å². The summed E-state index contributed by atoms with van der Waals surface area (Å²) in [6, 6.07) is 2.09. The fraction of sp³-hybridized carbons (Fsp3) is 0.462. The Balaban J connectivity index is 2.12. The molecule has 2 rings (SSSR count). The van der Waals surface area contributed by atoms with Crippen LogP contribution in [0.5, 0.6) is 0 Å². The first-order valence-electron chi connectivity index (χ1n) is 6.07. The molecule has 19 heavy (non-hydrogen) atoms. The lowest BCUT2D eigenvalue weighted by Gasteiger charge is -2.25. The maximum absolute atomic E-state index is 5.93. The van der Waals surface area contributed by atoms with Gasteiger partial charge < -0.3 is 10.2 Å². The van der Waals surface area contributed by atoms with Crippen LogP contribution in [0.15, 0.2) is 23.6 Å². The minimum Gasteiger partial charge on any atom is -0.381 e. The number of aromatic nitrogens is 1. The summed E-state index contributed by atoms with van der Waals surface area (Å²) in [6.45, 7) is 6.00. The first-order valence-corrected chi connectivity index (χ1v) is 6.86. The van der Waals surface area contributed by atoms with Gasteiger partial charge in [0.25, 0.3) is 0 Å². The van der Waals surface area contributed by atoms with E-state index in [1.54, 1.807) is 12.4 Å². The minimum absolute atomic E-state index is 0.268. The third-order valence-electron chi connectivity index (χ3n) is 2.80. The van der Waals surface area contributed by atoms with E-state index in [0.29, 0.717) is 16.4 Å². The Labute approximate surface area is 123 Å². The average Bonchev–Trinajstić information content (AvgIpc) is 2.72. The van der Waals surface area contributed by atoms with Crippen LogP contribution in [0.3, 0.4) is 0 Å². The molecule has 0 saturated heterocycles. The zero-order valence-corrected chi connectivity index (χ0v) is 12.7. The molecule has 1 aromatic heterocycles. The summed E-state index contributed by atoms with van der Waals surface area (Å²) in [5, 5.41) is 7.90. The highest BCUT2D eigenvalue weighted by atomic mass is 35.5. The van der Waals surface area contributed by atoms with Crippen molar-refractivity contribution >= 4 is 34.5 Å². The Morgan fingerprint density at radius 2 is 2.26 bits per heavy atom. The lowest BCUT2D eigenvalue weighted by molar-refractivity contribution is 0.0513. The molecule has 0 aliphatic carbocycles. The number of nitrogens with zero attached hydrogens (tertiary/aromatic N) is 2. The minimum atomic E-state index is -0.600. The van der Waals surface area contributed by atoms with Gasteiger partial charge in [-0.3, -0.25) is 4.98 Å². The predicted molar refractivity (Wildman–Crippen MR) is 80.8 cm³/mol. The Morgan fingerprint density at radius 3 is 2.89 bits per heavy atom. The standard InChI is InChI=1S/C13H16ClN3OS/c1-8(2)16-12(19)13(3)5-11(17-18-13)9-4-10(14)7-15-6-9/h4,6-8H,5H2,1-3H3,(H,16,19). The fourth-order valence-electron chi connectivity index (χ4n) is 1.80. The Bertz CT molecular complexity index is 532. The van der Waals surface area contributed by atoms with Gasteiger partial charge >= 0.3 is 0 Å². The molecule has 2 heterocycles. The van der Waals surface area contributed by atoms with E-state index in [1.165, 1.54) is 0 Å². The third-order valence-corrected chi connectivity index (χ3v) is 3.56. The topological polar surface area (TPSA) is 46.5 Å². The highest BCUT2D eigenvalue weighted by molar-refractivity contribution is 7.80. The first kappa shape index (κ1) is 14.2. The van der Waals surface area contributed by atoms with Gasteiger partial charge in [0.1, 0.15) is 4.99 Å². The molecule has 1 atom stereocenters. The Hall–Kier alpha value is -1.20. The van der Waals surface area contributed by atoms with Gasteiger partial charge in [0.05, 0.1) is 10.7 Å². The van der Waals surface area contributed by atoms with Gasteiger partial charge in [0, 0.05) is 30.4 Å². The van der Waals surface area contributed by atoms with Gasteiger partial charge in [-0.2, -0.15) is 0 Å². The van der Waals surface area contributed by atoms with Crippen molar-refractivity contribution in [3.8, 4) is 0 Å². The second kappa shape index (κ2) is 5.43. The summed E-state index contributed by atoms with van der Waals surface area (Å²) in [7, 11) is 0. The van der Waals surface area contributed by atoms with Crippen molar-refractivity contribution < 1.29 is 4.84 Å². The summed E-state index contributed by atoms with van der Waals surface area (Å²) in [4.78, 5) is 10.2. The van der Waals surface area contributed by atoms with Gasteiger partial charge in [-0.05, 0) is 26.8 Å². The van der Waals surface area contributed by atoms with Crippen LogP contribution in [0.1, 0.15) is 32.8 Å². The van der Waals surface area contributed by atoms with E-state index in [1.807, 2.05) is 26.8 Å². The fourth-order valence-corrected chi connectivity index (χ4v) is 2.32. The number of halogens is 1. The van der Waals surface area contributed by atoms with Gasteiger partial charge in [0.15, 0.2) is 5.60 Å². The van der Waals surface area contributed by atoms with Crippen LogP contribution in [-0.2, 0) is 4.84 Å². The number of hydrogen-bond donors (Lipinski definition) is 1. The molecule has 0 spiro atoms. The summed E-state index contributed by atoms with van der Waals surface area (Å²) in [5.74, 6) is 0. The molecular formula is C13H16ClN3OS. The SMILES string of the molecule is CC(C)NC(=S)C1(C)CC(c2cncc(Cl)c2)=NO1. The molecule has 0 fully saturated rings. The van der Waals surface area contributed by atoms with Crippen molar-refractivity contribution in [3.63, 3.8) is 0 Å². The highest BCUT2D eigenvalue weighted by Crippen LogP contribution is 2.28. The van der Waals surface area contributed by atoms with E-state index in [-0.39, 0.29) is 6.04 Å². The molecule has 4 nitrogen and oxygen atoms in total. The van der Waals surface area contributed by atoms with Crippen LogP contribution in [0, 0.1) is 0 Å². The van der Waals surface area contributed by atoms with E-state index in [2.05, 4.69) is 15.5 Å². The van der Waals surface area contributed by atoms with Gasteiger partial charge in [-0.1, -0.05) is 29.0 Å². The second-order valence-corrected chi connectivity index (χ2v) is 5.90. The van der Waals surface area contributed by atoms with Crippen molar-refractivity contribution in [2.45, 2.75) is 38.8 Å². The Morgan fingerprint density at radius 1 is 1.53 bits per heavy atom. The molecule has 6 heteroatoms. The molecule has 1 unspecified atom stereocenters. The number of hydrogen-bond acceptors (Lipinski definition) is 4. The summed E-state index contributed by atoms with van der Waals surface area (Å²) < 4.78 is 0. The normalized spacial score (nSPS) is 22.1. The van der Waals surface area contributed by atoms with E-state index in [9.17, 15) is 0 Å². The molecule has 1 N–H and O–H groups in total. The number of pyridine rings is 1. The van der Waals surface area contributed by atoms with Crippen LogP contribution in [0.2, 0.25) is 5.02 Å². The number of oxime groups is 1. The van der Waals surface area contributed by atoms with Crippen molar-refractivity contribution in [2.24, 2.45) is 5.16 Å². The number of nitrogens with one attached hydrogen (secondary N) is 1. The third kappa shape index (κ3) is 3.22. The van der Waals surface area contributed by atoms with Crippen LogP contribution < -0.4 is 5.32 Å². The maximum Gasteiger partial charge on any atom is 0.189 e. The molecule has 1 aliphatic rings. The van der Waals surface area contributed by atoms with Crippen molar-refractivity contribution in [2.75, 3.05) is 0 Å². The molecule has 102 valence electrons. The van der Waals surface area contributed by atoms with Gasteiger partial charge in [-0.25, -0.2) is 0 Å². The number of thiocarbonyl (C=S) groups is 1. The lowest BCUT2D eigenvalue weighted by Crippen LogP contribution is -2.45. The van der Waals surface area contributed by atoms with Crippen molar-refractivity contribution in [1.82, 2.24) is 10.3 Å². The zero-order valence-electron chi connectivity index (χ0n) is 11.1. The molecule has 0 bridgehead atoms. The van der Waals surface area contributed by atoms with Crippen molar-refractivity contribution in [3.05, 3.63) is 29.0 Å². The highest BCUT2D eigenvalue weighted by Gasteiger charge is 2.39. The predicted octanol–water partition coefficient (Wildman–Crippen LogP) is 2.94. The maximum atomic E-state index is 5.93. The van der Waals surface area contributed by atoms with E-state index >= 15 is 0 Å². The summed E-state index contributed by atoms with van der Waals surface area (Å²) >= 11 is 11.3. The summed E-state index contributed by atoms with van der Waals surface area (Å²) in [6.07, 6.45) is 3.91. The smallest absolute Gasteiger partial charge is 0.189 e. The summed E-state index contributed by atoms with van der Waals surface area (Å²) in [5.41, 5.74) is 1.08. The molecule has 0 saturated carbocycles. The largest absolute Gasteiger partial charge is 0.381 e.